The predicted molar refractivity (Wildman–Crippen MR) is 103 cm³/mol. The number of methoxy groups -OCH3 is 1. The molecule has 2 saturated carbocycles. The Morgan fingerprint density at radius 3 is 2.16 bits per heavy atom. The van der Waals surface area contributed by atoms with Gasteiger partial charge in [-0.1, -0.05) is 51.2 Å². The zero-order valence-electron chi connectivity index (χ0n) is 16.3. The van der Waals surface area contributed by atoms with Gasteiger partial charge < -0.3 is 4.74 Å². The molecule has 0 spiro atoms. The van der Waals surface area contributed by atoms with E-state index in [9.17, 15) is 4.39 Å². The van der Waals surface area contributed by atoms with Gasteiger partial charge in [0.1, 0.15) is 5.60 Å². The smallest absolute Gasteiger partial charge is 0.151 e. The SMILES string of the molecule is CCCC[C@H]1CC[C@H]([C@H]2CC[C@H](C3(OC)C=CC=CC3F)CC2)CC1. The van der Waals surface area contributed by atoms with Crippen molar-refractivity contribution < 1.29 is 9.13 Å². The summed E-state index contributed by atoms with van der Waals surface area (Å²) in [5, 5.41) is 0. The molecule has 2 fully saturated rings. The quantitative estimate of drug-likeness (QED) is 0.523. The second-order valence-corrected chi connectivity index (χ2v) is 8.74. The Kier molecular flexibility index (Phi) is 6.77. The third-order valence-corrected chi connectivity index (χ3v) is 7.47. The number of alkyl halides is 1. The number of halogens is 1. The van der Waals surface area contributed by atoms with Crippen LogP contribution < -0.4 is 0 Å². The monoisotopic (exact) mass is 348 g/mol. The summed E-state index contributed by atoms with van der Waals surface area (Å²) in [6.45, 7) is 2.30. The Balaban J connectivity index is 1.49. The minimum Gasteiger partial charge on any atom is -0.370 e. The van der Waals surface area contributed by atoms with Gasteiger partial charge in [0.25, 0.3) is 0 Å². The van der Waals surface area contributed by atoms with E-state index in [1.54, 1.807) is 13.2 Å². The normalized spacial score (nSPS) is 41.8. The van der Waals surface area contributed by atoms with E-state index in [0.717, 1.165) is 30.6 Å². The Morgan fingerprint density at radius 2 is 1.60 bits per heavy atom. The fourth-order valence-corrected chi connectivity index (χ4v) is 5.80. The van der Waals surface area contributed by atoms with Crippen molar-refractivity contribution in [2.45, 2.75) is 89.3 Å². The van der Waals surface area contributed by atoms with Gasteiger partial charge in [-0.05, 0) is 74.3 Å². The van der Waals surface area contributed by atoms with E-state index >= 15 is 0 Å². The first-order valence-electron chi connectivity index (χ1n) is 10.7. The second kappa shape index (κ2) is 8.84. The Hall–Kier alpha value is -0.630. The van der Waals surface area contributed by atoms with E-state index in [0.29, 0.717) is 5.92 Å². The number of rotatable bonds is 6. The van der Waals surface area contributed by atoms with Crippen LogP contribution in [0, 0.1) is 23.7 Å². The number of allylic oxidation sites excluding steroid dienone is 2. The summed E-state index contributed by atoms with van der Waals surface area (Å²) in [5.41, 5.74) is -0.711. The highest BCUT2D eigenvalue weighted by Crippen LogP contribution is 2.47. The molecule has 25 heavy (non-hydrogen) atoms. The van der Waals surface area contributed by atoms with Crippen molar-refractivity contribution in [3.8, 4) is 0 Å². The van der Waals surface area contributed by atoms with Crippen molar-refractivity contribution >= 4 is 0 Å². The topological polar surface area (TPSA) is 9.23 Å². The molecule has 2 heteroatoms. The fourth-order valence-electron chi connectivity index (χ4n) is 5.80. The molecule has 1 nitrogen and oxygen atoms in total. The van der Waals surface area contributed by atoms with Crippen molar-refractivity contribution in [3.63, 3.8) is 0 Å². The van der Waals surface area contributed by atoms with Gasteiger partial charge in [0.15, 0.2) is 6.17 Å². The van der Waals surface area contributed by atoms with Crippen molar-refractivity contribution in [2.75, 3.05) is 7.11 Å². The molecule has 0 bridgehead atoms. The van der Waals surface area contributed by atoms with Crippen LogP contribution in [0.15, 0.2) is 24.3 Å². The van der Waals surface area contributed by atoms with Crippen LogP contribution in [0.1, 0.15) is 77.6 Å². The minimum absolute atomic E-state index is 0.325. The summed E-state index contributed by atoms with van der Waals surface area (Å²) >= 11 is 0. The first-order valence-corrected chi connectivity index (χ1v) is 10.7. The van der Waals surface area contributed by atoms with Crippen molar-refractivity contribution in [2.24, 2.45) is 23.7 Å². The van der Waals surface area contributed by atoms with Crippen molar-refractivity contribution in [3.05, 3.63) is 24.3 Å². The Labute approximate surface area is 154 Å². The summed E-state index contributed by atoms with van der Waals surface area (Å²) in [6.07, 6.45) is 21.1. The van der Waals surface area contributed by atoms with E-state index in [4.69, 9.17) is 4.74 Å². The van der Waals surface area contributed by atoms with Gasteiger partial charge in [0.2, 0.25) is 0 Å². The molecule has 142 valence electrons. The molecule has 0 aromatic heterocycles. The van der Waals surface area contributed by atoms with Gasteiger partial charge >= 0.3 is 0 Å². The third kappa shape index (κ3) is 4.21. The van der Waals surface area contributed by atoms with Crippen molar-refractivity contribution in [1.29, 1.82) is 0 Å². The highest BCUT2D eigenvalue weighted by atomic mass is 19.1. The van der Waals surface area contributed by atoms with Crippen LogP contribution in [0.25, 0.3) is 0 Å². The first-order chi connectivity index (χ1) is 12.2. The Morgan fingerprint density at radius 1 is 0.960 bits per heavy atom. The summed E-state index contributed by atoms with van der Waals surface area (Å²) < 4.78 is 20.4. The van der Waals surface area contributed by atoms with Gasteiger partial charge in [-0.15, -0.1) is 0 Å². The number of hydrogen-bond acceptors (Lipinski definition) is 1. The van der Waals surface area contributed by atoms with Gasteiger partial charge in [-0.25, -0.2) is 4.39 Å². The van der Waals surface area contributed by atoms with Gasteiger partial charge in [0, 0.05) is 7.11 Å². The van der Waals surface area contributed by atoms with Gasteiger partial charge in [-0.3, -0.25) is 0 Å². The molecule has 0 saturated heterocycles. The van der Waals surface area contributed by atoms with Crippen LogP contribution in [0.2, 0.25) is 0 Å². The minimum atomic E-state index is -1.00. The molecule has 3 rings (SSSR count). The van der Waals surface area contributed by atoms with Crippen LogP contribution in [-0.2, 0) is 4.74 Å². The number of ether oxygens (including phenoxy) is 1. The molecule has 2 unspecified atom stereocenters. The molecular formula is C23H37FO. The van der Waals surface area contributed by atoms with Crippen LogP contribution in [0.5, 0.6) is 0 Å². The lowest BCUT2D eigenvalue weighted by Crippen LogP contribution is -2.48. The predicted octanol–water partition coefficient (Wildman–Crippen LogP) is 6.64. The molecule has 0 radical (unpaired) electrons. The lowest BCUT2D eigenvalue weighted by Gasteiger charge is -2.45. The van der Waals surface area contributed by atoms with E-state index in [1.165, 1.54) is 57.8 Å². The highest BCUT2D eigenvalue weighted by Gasteiger charge is 2.46. The molecule has 0 aliphatic heterocycles. The number of unbranched alkanes of at least 4 members (excludes halogenated alkanes) is 1. The first kappa shape index (κ1) is 19.1. The zero-order valence-corrected chi connectivity index (χ0v) is 16.3. The average molecular weight is 349 g/mol. The fraction of sp³-hybridized carbons (Fsp3) is 0.826. The van der Waals surface area contributed by atoms with Crippen LogP contribution >= 0.6 is 0 Å². The molecule has 0 aromatic rings. The molecular weight excluding hydrogens is 311 g/mol. The van der Waals surface area contributed by atoms with Crippen LogP contribution in [0.4, 0.5) is 4.39 Å². The second-order valence-electron chi connectivity index (χ2n) is 8.74. The third-order valence-electron chi connectivity index (χ3n) is 7.47. The van der Waals surface area contributed by atoms with E-state index in [-0.39, 0.29) is 0 Å². The Bertz CT molecular complexity index is 455. The number of hydrogen-bond donors (Lipinski definition) is 0. The van der Waals surface area contributed by atoms with Crippen molar-refractivity contribution in [1.82, 2.24) is 0 Å². The molecule has 0 aromatic carbocycles. The maximum absolute atomic E-state index is 14.6. The molecule has 3 aliphatic carbocycles. The molecule has 0 amide bonds. The summed E-state index contributed by atoms with van der Waals surface area (Å²) in [4.78, 5) is 0. The summed E-state index contributed by atoms with van der Waals surface area (Å²) in [6, 6.07) is 0. The maximum atomic E-state index is 14.6. The van der Waals surface area contributed by atoms with Gasteiger partial charge in [0.05, 0.1) is 0 Å². The lowest BCUT2D eigenvalue weighted by atomic mass is 9.65. The molecule has 2 atom stereocenters. The largest absolute Gasteiger partial charge is 0.370 e. The standard InChI is InChI=1S/C23H37FO/c1-3-4-7-18-9-11-19(12-10-18)20-13-15-21(16-14-20)23(25-2)17-6-5-8-22(23)24/h5-6,8,17-22H,3-4,7,9-16H2,1-2H3/t18-,19-,20-,21-,22?,23?. The molecule has 0 heterocycles. The van der Waals surface area contributed by atoms with E-state index < -0.39 is 11.8 Å². The lowest BCUT2D eigenvalue weighted by molar-refractivity contribution is -0.0770. The van der Waals surface area contributed by atoms with E-state index in [2.05, 4.69) is 6.92 Å². The van der Waals surface area contributed by atoms with Crippen LogP contribution in [0.3, 0.4) is 0 Å². The zero-order chi connectivity index (χ0) is 17.7. The van der Waals surface area contributed by atoms with Crippen LogP contribution in [-0.4, -0.2) is 18.9 Å². The molecule has 0 N–H and O–H groups in total. The van der Waals surface area contributed by atoms with Gasteiger partial charge in [-0.2, -0.15) is 0 Å². The highest BCUT2D eigenvalue weighted by molar-refractivity contribution is 5.25. The maximum Gasteiger partial charge on any atom is 0.151 e. The summed E-state index contributed by atoms with van der Waals surface area (Å²) in [7, 11) is 1.68. The average Bonchev–Trinajstić information content (AvgIpc) is 2.67. The van der Waals surface area contributed by atoms with E-state index in [1.807, 2.05) is 18.2 Å². The summed E-state index contributed by atoms with van der Waals surface area (Å²) in [5.74, 6) is 3.13. The molecule has 3 aliphatic rings.